The van der Waals surface area contributed by atoms with Gasteiger partial charge in [0.2, 0.25) is 0 Å². The molecule has 5 rings (SSSR count). The summed E-state index contributed by atoms with van der Waals surface area (Å²) in [5.41, 5.74) is 1.99. The Morgan fingerprint density at radius 3 is 2.49 bits per heavy atom. The molecule has 0 unspecified atom stereocenters. The number of aromatic amines is 1. The Morgan fingerprint density at radius 1 is 1.03 bits per heavy atom. The molecule has 8 nitrogen and oxygen atoms in total. The number of rotatable bonds is 5. The van der Waals surface area contributed by atoms with Crippen LogP contribution < -0.4 is 20.3 Å². The third kappa shape index (κ3) is 4.51. The number of fused-ring (bicyclic) bond motifs is 2. The van der Waals surface area contributed by atoms with Crippen LogP contribution >= 0.6 is 0 Å². The quantitative estimate of drug-likeness (QED) is 0.339. The molecule has 4 N–H and O–H groups in total. The van der Waals surface area contributed by atoms with Crippen LogP contribution in [0.2, 0.25) is 0 Å². The van der Waals surface area contributed by atoms with E-state index in [9.17, 15) is 18.4 Å². The fourth-order valence-electron chi connectivity index (χ4n) is 3.93. The Labute approximate surface area is 198 Å². The van der Waals surface area contributed by atoms with E-state index in [4.69, 9.17) is 9.84 Å². The number of aromatic nitrogens is 1. The van der Waals surface area contributed by atoms with Crippen molar-refractivity contribution >= 4 is 39.9 Å². The molecule has 0 saturated heterocycles. The largest absolute Gasteiger partial charge is 0.481 e. The maximum absolute atomic E-state index is 14.4. The minimum atomic E-state index is -0.859. The zero-order valence-electron chi connectivity index (χ0n) is 18.3. The molecule has 0 atom stereocenters. The Morgan fingerprint density at radius 2 is 1.74 bits per heavy atom. The Balaban J connectivity index is 1.33. The van der Waals surface area contributed by atoms with Gasteiger partial charge in [-0.15, -0.1) is 0 Å². The van der Waals surface area contributed by atoms with Crippen molar-refractivity contribution in [2.45, 2.75) is 13.2 Å². The first kappa shape index (κ1) is 22.4. The van der Waals surface area contributed by atoms with Crippen LogP contribution in [0.5, 0.6) is 5.75 Å². The molecular formula is C25H20F2N4O4. The SMILES string of the molecule is O=C(Nc1ccc2c(c1)OCC(=O)N2Cc1c(F)cc(CO)cc1F)Nc1ccc2cc[nH]c2c1. The second-order valence-corrected chi connectivity index (χ2v) is 8.01. The van der Waals surface area contributed by atoms with Crippen molar-refractivity contribution in [2.24, 2.45) is 0 Å². The van der Waals surface area contributed by atoms with E-state index in [-0.39, 0.29) is 30.0 Å². The summed E-state index contributed by atoms with van der Waals surface area (Å²) in [4.78, 5) is 29.2. The molecule has 0 fully saturated rings. The van der Waals surface area contributed by atoms with Crippen LogP contribution in [0.25, 0.3) is 10.9 Å². The van der Waals surface area contributed by atoms with Crippen LogP contribution in [0.1, 0.15) is 11.1 Å². The average molecular weight is 478 g/mol. The molecule has 1 aromatic heterocycles. The van der Waals surface area contributed by atoms with Crippen LogP contribution in [0.15, 0.2) is 60.8 Å². The highest BCUT2D eigenvalue weighted by Crippen LogP contribution is 2.36. The number of carbonyl (C=O) groups is 2. The monoisotopic (exact) mass is 478 g/mol. The summed E-state index contributed by atoms with van der Waals surface area (Å²) in [7, 11) is 0. The number of nitrogens with one attached hydrogen (secondary N) is 3. The van der Waals surface area contributed by atoms with Crippen LogP contribution in [0.3, 0.4) is 0 Å². The zero-order chi connectivity index (χ0) is 24.5. The van der Waals surface area contributed by atoms with Gasteiger partial charge in [-0.3, -0.25) is 4.79 Å². The van der Waals surface area contributed by atoms with E-state index in [1.165, 1.54) is 17.0 Å². The van der Waals surface area contributed by atoms with Crippen LogP contribution in [0.4, 0.5) is 30.6 Å². The van der Waals surface area contributed by atoms with E-state index in [1.54, 1.807) is 18.2 Å². The summed E-state index contributed by atoms with van der Waals surface area (Å²) in [5.74, 6) is -1.91. The Bertz CT molecular complexity index is 1430. The van der Waals surface area contributed by atoms with Gasteiger partial charge in [0.1, 0.15) is 17.4 Å². The summed E-state index contributed by atoms with van der Waals surface area (Å²) in [6.07, 6.45) is 1.81. The van der Waals surface area contributed by atoms with Crippen molar-refractivity contribution in [1.29, 1.82) is 0 Å². The highest BCUT2D eigenvalue weighted by atomic mass is 19.1. The molecule has 0 spiro atoms. The number of ether oxygens (including phenoxy) is 1. The lowest BCUT2D eigenvalue weighted by Crippen LogP contribution is -2.38. The molecule has 0 aliphatic carbocycles. The summed E-state index contributed by atoms with van der Waals surface area (Å²) in [6.45, 7) is -1.18. The number of urea groups is 1. The first-order valence-corrected chi connectivity index (χ1v) is 10.7. The molecule has 3 amide bonds. The maximum atomic E-state index is 14.4. The zero-order valence-corrected chi connectivity index (χ0v) is 18.3. The standard InChI is InChI=1S/C25H20F2N4O4/c26-19-7-14(12-32)8-20(27)18(19)11-31-22-4-3-17(10-23(22)35-13-24(31)33)30-25(34)29-16-2-1-15-5-6-28-21(15)9-16/h1-10,28,32H,11-13H2,(H2,29,30,34). The third-order valence-electron chi connectivity index (χ3n) is 5.67. The minimum absolute atomic E-state index is 0.0965. The molecule has 10 heteroatoms. The topological polar surface area (TPSA) is 107 Å². The molecule has 4 aromatic rings. The van der Waals surface area contributed by atoms with E-state index in [1.807, 2.05) is 18.3 Å². The minimum Gasteiger partial charge on any atom is -0.481 e. The van der Waals surface area contributed by atoms with E-state index in [0.717, 1.165) is 23.0 Å². The molecule has 35 heavy (non-hydrogen) atoms. The molecule has 3 aromatic carbocycles. The van der Waals surface area contributed by atoms with Crippen LogP contribution in [0, 0.1) is 11.6 Å². The van der Waals surface area contributed by atoms with Crippen molar-refractivity contribution in [3.8, 4) is 5.75 Å². The Hall–Kier alpha value is -4.44. The molecule has 2 heterocycles. The first-order chi connectivity index (χ1) is 16.9. The van der Waals surface area contributed by atoms with E-state index >= 15 is 0 Å². The lowest BCUT2D eigenvalue weighted by molar-refractivity contribution is -0.121. The number of carbonyl (C=O) groups excluding carboxylic acids is 2. The fraction of sp³-hybridized carbons (Fsp3) is 0.120. The molecule has 0 bridgehead atoms. The summed E-state index contributed by atoms with van der Waals surface area (Å²) < 4.78 is 34.4. The number of H-pyrrole nitrogens is 1. The predicted molar refractivity (Wildman–Crippen MR) is 126 cm³/mol. The van der Waals surface area contributed by atoms with Crippen molar-refractivity contribution < 1.29 is 28.2 Å². The smallest absolute Gasteiger partial charge is 0.323 e. The maximum Gasteiger partial charge on any atom is 0.323 e. The average Bonchev–Trinajstić information content (AvgIpc) is 3.30. The van der Waals surface area contributed by atoms with Gasteiger partial charge < -0.3 is 30.4 Å². The van der Waals surface area contributed by atoms with Gasteiger partial charge in [-0.1, -0.05) is 6.07 Å². The number of aliphatic hydroxyl groups is 1. The van der Waals surface area contributed by atoms with E-state index in [0.29, 0.717) is 17.1 Å². The molecule has 1 aliphatic heterocycles. The number of hydrogen-bond acceptors (Lipinski definition) is 4. The molecular weight excluding hydrogens is 458 g/mol. The number of benzene rings is 3. The van der Waals surface area contributed by atoms with Gasteiger partial charge in [-0.2, -0.15) is 0 Å². The van der Waals surface area contributed by atoms with Crippen LogP contribution in [-0.4, -0.2) is 28.6 Å². The molecule has 178 valence electrons. The fourth-order valence-corrected chi connectivity index (χ4v) is 3.93. The first-order valence-electron chi connectivity index (χ1n) is 10.7. The number of amides is 3. The number of hydrogen-bond donors (Lipinski definition) is 4. The van der Waals surface area contributed by atoms with Crippen LogP contribution in [-0.2, 0) is 17.9 Å². The molecule has 0 saturated carbocycles. The van der Waals surface area contributed by atoms with Gasteiger partial charge >= 0.3 is 6.03 Å². The third-order valence-corrected chi connectivity index (χ3v) is 5.67. The summed E-state index contributed by atoms with van der Waals surface area (Å²) >= 11 is 0. The van der Waals surface area contributed by atoms with Gasteiger partial charge in [-0.05, 0) is 53.4 Å². The number of aliphatic hydroxyl groups excluding tert-OH is 1. The van der Waals surface area contributed by atoms with Gasteiger partial charge in [0.05, 0.1) is 18.8 Å². The van der Waals surface area contributed by atoms with E-state index < -0.39 is 30.2 Å². The summed E-state index contributed by atoms with van der Waals surface area (Å²) in [6, 6.07) is 13.6. The normalized spacial score (nSPS) is 12.9. The highest BCUT2D eigenvalue weighted by molar-refractivity contribution is 6.02. The lowest BCUT2D eigenvalue weighted by atomic mass is 10.1. The van der Waals surface area contributed by atoms with Gasteiger partial charge in [0.15, 0.2) is 6.61 Å². The van der Waals surface area contributed by atoms with Crippen molar-refractivity contribution in [3.05, 3.63) is 83.6 Å². The van der Waals surface area contributed by atoms with Crippen molar-refractivity contribution in [2.75, 3.05) is 22.1 Å². The highest BCUT2D eigenvalue weighted by Gasteiger charge is 2.28. The molecule has 0 radical (unpaired) electrons. The van der Waals surface area contributed by atoms with Gasteiger partial charge in [0, 0.05) is 34.7 Å². The van der Waals surface area contributed by atoms with Crippen molar-refractivity contribution in [3.63, 3.8) is 0 Å². The molecule has 1 aliphatic rings. The second kappa shape index (κ2) is 9.07. The lowest BCUT2D eigenvalue weighted by Gasteiger charge is -2.30. The van der Waals surface area contributed by atoms with Gasteiger partial charge in [-0.25, -0.2) is 13.6 Å². The number of halogens is 2. The predicted octanol–water partition coefficient (Wildman–Crippen LogP) is 4.51. The van der Waals surface area contributed by atoms with E-state index in [2.05, 4.69) is 15.6 Å². The number of nitrogens with zero attached hydrogens (tertiary/aromatic N) is 1. The van der Waals surface area contributed by atoms with Gasteiger partial charge in [0.25, 0.3) is 5.91 Å². The van der Waals surface area contributed by atoms with Crippen molar-refractivity contribution in [1.82, 2.24) is 4.98 Å². The summed E-state index contributed by atoms with van der Waals surface area (Å²) in [5, 5.41) is 15.6. The number of anilines is 3. The Kier molecular flexibility index (Phi) is 5.79. The second-order valence-electron chi connectivity index (χ2n) is 8.01.